The molecule has 0 spiro atoms. The van der Waals surface area contributed by atoms with Crippen LogP contribution in [0.1, 0.15) is 29.5 Å². The summed E-state index contributed by atoms with van der Waals surface area (Å²) in [7, 11) is 0. The zero-order valence-electron chi connectivity index (χ0n) is 10.8. The molecule has 0 bridgehead atoms. The first kappa shape index (κ1) is 13.1. The van der Waals surface area contributed by atoms with Crippen LogP contribution >= 0.6 is 15.9 Å². The molecule has 1 aromatic carbocycles. The summed E-state index contributed by atoms with van der Waals surface area (Å²) >= 11 is 3.68. The van der Waals surface area contributed by atoms with Gasteiger partial charge in [0.05, 0.1) is 6.61 Å². The Bertz CT molecular complexity index is 381. The lowest BCUT2D eigenvalue weighted by molar-refractivity contribution is 0.00614. The third kappa shape index (κ3) is 3.11. The van der Waals surface area contributed by atoms with Gasteiger partial charge in [-0.25, -0.2) is 0 Å². The minimum atomic E-state index is 0.306. The zero-order chi connectivity index (χ0) is 12.3. The second-order valence-electron chi connectivity index (χ2n) is 5.39. The molecule has 17 heavy (non-hydrogen) atoms. The molecule has 1 aliphatic heterocycles. The van der Waals surface area contributed by atoms with Gasteiger partial charge < -0.3 is 4.74 Å². The molecule has 1 heterocycles. The first-order valence-corrected chi connectivity index (χ1v) is 7.47. The van der Waals surface area contributed by atoms with Crippen LogP contribution in [0.15, 0.2) is 18.2 Å². The molecule has 1 unspecified atom stereocenters. The maximum Gasteiger partial charge on any atom is 0.0533 e. The van der Waals surface area contributed by atoms with Gasteiger partial charge in [0.25, 0.3) is 0 Å². The summed E-state index contributed by atoms with van der Waals surface area (Å²) in [6, 6.07) is 6.83. The molecule has 1 saturated heterocycles. The second-order valence-corrected chi connectivity index (χ2v) is 5.95. The highest BCUT2D eigenvalue weighted by molar-refractivity contribution is 9.09. The molecule has 0 N–H and O–H groups in total. The van der Waals surface area contributed by atoms with E-state index in [4.69, 9.17) is 4.74 Å². The van der Waals surface area contributed by atoms with Crippen molar-refractivity contribution in [2.75, 3.05) is 18.5 Å². The van der Waals surface area contributed by atoms with Gasteiger partial charge in [-0.1, -0.05) is 34.1 Å². The van der Waals surface area contributed by atoms with Crippen LogP contribution in [0, 0.1) is 19.3 Å². The van der Waals surface area contributed by atoms with Gasteiger partial charge in [-0.05, 0) is 49.8 Å². The van der Waals surface area contributed by atoms with Crippen molar-refractivity contribution in [2.24, 2.45) is 5.41 Å². The van der Waals surface area contributed by atoms with E-state index in [0.717, 1.165) is 25.0 Å². The van der Waals surface area contributed by atoms with Gasteiger partial charge in [0, 0.05) is 17.4 Å². The smallest absolute Gasteiger partial charge is 0.0533 e. The topological polar surface area (TPSA) is 9.23 Å². The summed E-state index contributed by atoms with van der Waals surface area (Å²) in [5, 5.41) is 1.03. The summed E-state index contributed by atoms with van der Waals surface area (Å²) in [4.78, 5) is 0. The Balaban J connectivity index is 2.14. The predicted molar refractivity (Wildman–Crippen MR) is 75.9 cm³/mol. The molecule has 0 aliphatic carbocycles. The lowest BCUT2D eigenvalue weighted by atomic mass is 9.79. The molecule has 2 rings (SSSR count). The molecule has 0 radical (unpaired) electrons. The fourth-order valence-electron chi connectivity index (χ4n) is 2.55. The van der Waals surface area contributed by atoms with Crippen molar-refractivity contribution in [3.05, 3.63) is 34.9 Å². The van der Waals surface area contributed by atoms with Crippen LogP contribution in [0.5, 0.6) is 0 Å². The first-order valence-electron chi connectivity index (χ1n) is 6.35. The molecule has 0 amide bonds. The van der Waals surface area contributed by atoms with E-state index in [9.17, 15) is 0 Å². The van der Waals surface area contributed by atoms with Crippen molar-refractivity contribution < 1.29 is 4.74 Å². The van der Waals surface area contributed by atoms with Gasteiger partial charge in [0.2, 0.25) is 0 Å². The molecule has 1 aromatic rings. The minimum absolute atomic E-state index is 0.306. The Morgan fingerprint density at radius 1 is 1.29 bits per heavy atom. The predicted octanol–water partition coefficient (Wildman–Crippen LogP) is 4.04. The normalized spacial score (nSPS) is 24.9. The summed E-state index contributed by atoms with van der Waals surface area (Å²) in [5.41, 5.74) is 4.52. The van der Waals surface area contributed by atoms with Gasteiger partial charge in [-0.15, -0.1) is 0 Å². The monoisotopic (exact) mass is 296 g/mol. The van der Waals surface area contributed by atoms with Crippen LogP contribution in [0.25, 0.3) is 0 Å². The van der Waals surface area contributed by atoms with E-state index in [1.54, 1.807) is 0 Å². The largest absolute Gasteiger partial charge is 0.381 e. The number of halogens is 1. The highest BCUT2D eigenvalue weighted by Crippen LogP contribution is 2.34. The van der Waals surface area contributed by atoms with Crippen LogP contribution in [-0.2, 0) is 11.2 Å². The lowest BCUT2D eigenvalue weighted by Gasteiger charge is -2.35. The zero-order valence-corrected chi connectivity index (χ0v) is 12.3. The lowest BCUT2D eigenvalue weighted by Crippen LogP contribution is -2.35. The fraction of sp³-hybridized carbons (Fsp3) is 0.600. The highest BCUT2D eigenvalue weighted by atomic mass is 79.9. The molecular formula is C15H21BrO. The van der Waals surface area contributed by atoms with E-state index < -0.39 is 0 Å². The number of aryl methyl sites for hydroxylation is 2. The average molecular weight is 297 g/mol. The molecule has 0 aromatic heterocycles. The molecular weight excluding hydrogens is 276 g/mol. The number of rotatable bonds is 3. The van der Waals surface area contributed by atoms with Crippen LogP contribution in [-0.4, -0.2) is 18.5 Å². The number of hydrogen-bond acceptors (Lipinski definition) is 1. The Morgan fingerprint density at radius 2 is 2.12 bits per heavy atom. The van der Waals surface area contributed by atoms with Gasteiger partial charge in [0.15, 0.2) is 0 Å². The molecule has 1 atom stereocenters. The van der Waals surface area contributed by atoms with E-state index in [1.807, 2.05) is 0 Å². The Hall–Kier alpha value is -0.340. The summed E-state index contributed by atoms with van der Waals surface area (Å²) < 4.78 is 5.67. The molecule has 2 heteroatoms. The van der Waals surface area contributed by atoms with E-state index in [2.05, 4.69) is 48.0 Å². The Labute approximate surface area is 113 Å². The fourth-order valence-corrected chi connectivity index (χ4v) is 3.19. The minimum Gasteiger partial charge on any atom is -0.381 e. The molecule has 1 fully saturated rings. The van der Waals surface area contributed by atoms with E-state index in [0.29, 0.717) is 5.41 Å². The van der Waals surface area contributed by atoms with E-state index in [-0.39, 0.29) is 0 Å². The highest BCUT2D eigenvalue weighted by Gasteiger charge is 2.32. The maximum atomic E-state index is 5.67. The summed E-state index contributed by atoms with van der Waals surface area (Å²) in [6.45, 7) is 6.19. The molecule has 1 aliphatic rings. The van der Waals surface area contributed by atoms with Gasteiger partial charge in [0.1, 0.15) is 0 Å². The van der Waals surface area contributed by atoms with Crippen LogP contribution in [0.2, 0.25) is 0 Å². The Kier molecular flexibility index (Phi) is 4.26. The SMILES string of the molecule is Cc1ccc(CC2(CBr)CCCOC2)cc1C. The second kappa shape index (κ2) is 5.53. The van der Waals surface area contributed by atoms with Crippen molar-refractivity contribution in [1.82, 2.24) is 0 Å². The standard InChI is InChI=1S/C15H21BrO/c1-12-4-5-14(8-13(12)2)9-15(10-16)6-3-7-17-11-15/h4-5,8H,3,6-7,9-11H2,1-2H3. The average Bonchev–Trinajstić information content (AvgIpc) is 2.35. The maximum absolute atomic E-state index is 5.67. The number of alkyl halides is 1. The van der Waals surface area contributed by atoms with Gasteiger partial charge >= 0.3 is 0 Å². The van der Waals surface area contributed by atoms with Crippen molar-refractivity contribution in [2.45, 2.75) is 33.1 Å². The van der Waals surface area contributed by atoms with Crippen molar-refractivity contribution in [3.8, 4) is 0 Å². The molecule has 1 nitrogen and oxygen atoms in total. The molecule has 94 valence electrons. The van der Waals surface area contributed by atoms with Crippen LogP contribution in [0.4, 0.5) is 0 Å². The first-order chi connectivity index (χ1) is 8.15. The Morgan fingerprint density at radius 3 is 2.71 bits per heavy atom. The summed E-state index contributed by atoms with van der Waals surface area (Å²) in [6.07, 6.45) is 3.58. The number of hydrogen-bond donors (Lipinski definition) is 0. The van der Waals surface area contributed by atoms with Crippen LogP contribution in [0.3, 0.4) is 0 Å². The van der Waals surface area contributed by atoms with Crippen molar-refractivity contribution in [1.29, 1.82) is 0 Å². The third-order valence-electron chi connectivity index (χ3n) is 3.84. The quantitative estimate of drug-likeness (QED) is 0.765. The van der Waals surface area contributed by atoms with Crippen molar-refractivity contribution in [3.63, 3.8) is 0 Å². The van der Waals surface area contributed by atoms with Gasteiger partial charge in [-0.3, -0.25) is 0 Å². The third-order valence-corrected chi connectivity index (χ3v) is 5.03. The summed E-state index contributed by atoms with van der Waals surface area (Å²) in [5.74, 6) is 0. The molecule has 0 saturated carbocycles. The van der Waals surface area contributed by atoms with Crippen LogP contribution < -0.4 is 0 Å². The van der Waals surface area contributed by atoms with E-state index >= 15 is 0 Å². The number of benzene rings is 1. The van der Waals surface area contributed by atoms with Gasteiger partial charge in [-0.2, -0.15) is 0 Å². The van der Waals surface area contributed by atoms with E-state index in [1.165, 1.54) is 29.5 Å². The van der Waals surface area contributed by atoms with Crippen molar-refractivity contribution >= 4 is 15.9 Å². The number of ether oxygens (including phenoxy) is 1.